The molecule has 0 fully saturated rings. The lowest BCUT2D eigenvalue weighted by Gasteiger charge is -2.18. The van der Waals surface area contributed by atoms with Crippen LogP contribution in [0.3, 0.4) is 0 Å². The van der Waals surface area contributed by atoms with Gasteiger partial charge in [0, 0.05) is 31.1 Å². The van der Waals surface area contributed by atoms with Crippen LogP contribution >= 0.6 is 0 Å². The van der Waals surface area contributed by atoms with E-state index in [0.29, 0.717) is 17.9 Å². The lowest BCUT2D eigenvalue weighted by atomic mass is 10.1. The highest BCUT2D eigenvalue weighted by molar-refractivity contribution is 5.55. The highest BCUT2D eigenvalue weighted by atomic mass is 19.4. The van der Waals surface area contributed by atoms with Gasteiger partial charge in [-0.05, 0) is 37.1 Å². The third-order valence-electron chi connectivity index (χ3n) is 4.31. The molecule has 0 saturated carbocycles. The highest BCUT2D eigenvalue weighted by Gasteiger charge is 2.36. The number of hydrogen-bond donors (Lipinski definition) is 1. The lowest BCUT2D eigenvalue weighted by molar-refractivity contribution is -0.139. The molecule has 0 unspecified atom stereocenters. The van der Waals surface area contributed by atoms with E-state index in [0.717, 1.165) is 6.07 Å². The Morgan fingerprint density at radius 3 is 2.52 bits per heavy atom. The Bertz CT molecular complexity index is 1030. The van der Waals surface area contributed by atoms with E-state index >= 15 is 0 Å². The maximum absolute atomic E-state index is 14.6. The molecular formula is C20H21F4N5O2. The molecular weight excluding hydrogens is 418 g/mol. The van der Waals surface area contributed by atoms with Crippen molar-refractivity contribution in [1.82, 2.24) is 20.0 Å². The minimum absolute atomic E-state index is 0.00312. The Morgan fingerprint density at radius 1 is 1.16 bits per heavy atom. The van der Waals surface area contributed by atoms with Gasteiger partial charge in [0.05, 0.1) is 25.5 Å². The fraction of sp³-hybridized carbons (Fsp3) is 0.350. The molecule has 0 aliphatic heterocycles. The zero-order chi connectivity index (χ0) is 22.6. The van der Waals surface area contributed by atoms with Crippen molar-refractivity contribution in [3.05, 3.63) is 59.3 Å². The molecule has 11 heteroatoms. The van der Waals surface area contributed by atoms with Crippen LogP contribution in [0.2, 0.25) is 0 Å². The zero-order valence-corrected chi connectivity index (χ0v) is 17.1. The number of aromatic nitrogens is 4. The Hall–Kier alpha value is -3.21. The van der Waals surface area contributed by atoms with Crippen molar-refractivity contribution in [2.75, 3.05) is 19.0 Å². The summed E-state index contributed by atoms with van der Waals surface area (Å²) < 4.78 is 65.7. The summed E-state index contributed by atoms with van der Waals surface area (Å²) in [6.45, 7) is 3.94. The van der Waals surface area contributed by atoms with Gasteiger partial charge in [0.2, 0.25) is 5.88 Å². The van der Waals surface area contributed by atoms with Gasteiger partial charge in [-0.3, -0.25) is 0 Å². The molecule has 0 saturated heterocycles. The van der Waals surface area contributed by atoms with Gasteiger partial charge in [0.25, 0.3) is 0 Å². The van der Waals surface area contributed by atoms with Crippen molar-refractivity contribution in [2.24, 2.45) is 0 Å². The molecule has 0 aliphatic rings. The molecule has 2 heterocycles. The summed E-state index contributed by atoms with van der Waals surface area (Å²) >= 11 is 0. The van der Waals surface area contributed by atoms with E-state index in [-0.39, 0.29) is 23.9 Å². The second-order valence-electron chi connectivity index (χ2n) is 6.95. The van der Waals surface area contributed by atoms with Gasteiger partial charge in [0.15, 0.2) is 11.6 Å². The number of alkyl halides is 3. The average Bonchev–Trinajstić information content (AvgIpc) is 3.19. The van der Waals surface area contributed by atoms with Crippen LogP contribution in [0, 0.1) is 12.7 Å². The third-order valence-corrected chi connectivity index (χ3v) is 4.31. The van der Waals surface area contributed by atoms with E-state index < -0.39 is 23.4 Å². The highest BCUT2D eigenvalue weighted by Crippen LogP contribution is 2.38. The average molecular weight is 439 g/mol. The number of halogens is 4. The second kappa shape index (κ2) is 9.29. The van der Waals surface area contributed by atoms with Gasteiger partial charge in [-0.2, -0.15) is 28.2 Å². The molecule has 0 radical (unpaired) electrons. The minimum atomic E-state index is -4.75. The number of hydrogen-bond acceptors (Lipinski definition) is 6. The standard InChI is InChI=1S/C20H21F4N5O2/c1-12-6-18(16(21)8-17(12)28-13(2)11-30-3)31-19-15(20(22,23)24)7-14(9-25-19)10-29-26-4-5-27-29/h4-9,13,28H,10-11H2,1-3H3/t13-/m0/s1. The number of ether oxygens (including phenoxy) is 2. The number of nitrogens with one attached hydrogen (secondary N) is 1. The maximum Gasteiger partial charge on any atom is 0.421 e. The molecule has 3 aromatic rings. The summed E-state index contributed by atoms with van der Waals surface area (Å²) in [6, 6.07) is 3.28. The first-order valence-electron chi connectivity index (χ1n) is 9.31. The molecule has 0 aliphatic carbocycles. The summed E-state index contributed by atoms with van der Waals surface area (Å²) in [5, 5.41) is 10.8. The van der Waals surface area contributed by atoms with E-state index in [1.165, 1.54) is 35.5 Å². The summed E-state index contributed by atoms with van der Waals surface area (Å²) in [5.74, 6) is -1.92. The number of anilines is 1. The molecule has 0 bridgehead atoms. The summed E-state index contributed by atoms with van der Waals surface area (Å²) in [7, 11) is 1.55. The first-order chi connectivity index (χ1) is 14.7. The second-order valence-corrected chi connectivity index (χ2v) is 6.95. The Balaban J connectivity index is 1.88. The van der Waals surface area contributed by atoms with Crippen molar-refractivity contribution >= 4 is 5.69 Å². The van der Waals surface area contributed by atoms with Gasteiger partial charge >= 0.3 is 6.18 Å². The molecule has 166 valence electrons. The van der Waals surface area contributed by atoms with Gasteiger partial charge in [-0.1, -0.05) is 0 Å². The van der Waals surface area contributed by atoms with Gasteiger partial charge < -0.3 is 14.8 Å². The predicted octanol–water partition coefficient (Wildman–Crippen LogP) is 4.43. The normalized spacial score (nSPS) is 12.6. The van der Waals surface area contributed by atoms with Crippen LogP contribution in [0.4, 0.5) is 23.2 Å². The van der Waals surface area contributed by atoms with Crippen molar-refractivity contribution in [3.63, 3.8) is 0 Å². The van der Waals surface area contributed by atoms with Crippen LogP contribution in [-0.4, -0.2) is 39.7 Å². The van der Waals surface area contributed by atoms with E-state index in [1.54, 1.807) is 14.0 Å². The molecule has 0 amide bonds. The topological polar surface area (TPSA) is 74.1 Å². The molecule has 1 aromatic carbocycles. The van der Waals surface area contributed by atoms with Crippen molar-refractivity contribution < 1.29 is 27.0 Å². The van der Waals surface area contributed by atoms with E-state index in [9.17, 15) is 17.6 Å². The van der Waals surface area contributed by atoms with E-state index in [2.05, 4.69) is 20.5 Å². The van der Waals surface area contributed by atoms with Crippen LogP contribution in [0.25, 0.3) is 0 Å². The fourth-order valence-corrected chi connectivity index (χ4v) is 2.90. The third kappa shape index (κ3) is 5.69. The predicted molar refractivity (Wildman–Crippen MR) is 105 cm³/mol. The van der Waals surface area contributed by atoms with E-state index in [1.807, 2.05) is 6.92 Å². The van der Waals surface area contributed by atoms with Crippen molar-refractivity contribution in [2.45, 2.75) is 32.6 Å². The quantitative estimate of drug-likeness (QED) is 0.524. The Labute approximate surface area is 176 Å². The van der Waals surface area contributed by atoms with Crippen LogP contribution < -0.4 is 10.1 Å². The Kier molecular flexibility index (Phi) is 6.74. The van der Waals surface area contributed by atoms with Crippen LogP contribution in [0.1, 0.15) is 23.6 Å². The molecule has 7 nitrogen and oxygen atoms in total. The first kappa shape index (κ1) is 22.5. The van der Waals surface area contributed by atoms with Gasteiger partial charge in [-0.25, -0.2) is 9.37 Å². The molecule has 2 aromatic heterocycles. The summed E-state index contributed by atoms with van der Waals surface area (Å²) in [4.78, 5) is 5.00. The maximum atomic E-state index is 14.6. The fourth-order valence-electron chi connectivity index (χ4n) is 2.90. The van der Waals surface area contributed by atoms with E-state index in [4.69, 9.17) is 9.47 Å². The monoisotopic (exact) mass is 439 g/mol. The molecule has 1 atom stereocenters. The summed E-state index contributed by atoms with van der Waals surface area (Å²) in [5.41, 5.74) is 0.180. The number of pyridine rings is 1. The molecule has 31 heavy (non-hydrogen) atoms. The number of rotatable bonds is 8. The largest absolute Gasteiger partial charge is 0.435 e. The summed E-state index contributed by atoms with van der Waals surface area (Å²) in [6.07, 6.45) is -0.718. The molecule has 0 spiro atoms. The van der Waals surface area contributed by atoms with Crippen molar-refractivity contribution in [3.8, 4) is 11.6 Å². The first-order valence-corrected chi connectivity index (χ1v) is 9.31. The minimum Gasteiger partial charge on any atom is -0.435 e. The van der Waals surface area contributed by atoms with Crippen LogP contribution in [0.15, 0.2) is 36.8 Å². The number of methoxy groups -OCH3 is 1. The van der Waals surface area contributed by atoms with Gasteiger partial charge in [0.1, 0.15) is 5.56 Å². The molecule has 1 N–H and O–H groups in total. The van der Waals surface area contributed by atoms with Crippen LogP contribution in [-0.2, 0) is 17.5 Å². The SMILES string of the molecule is COC[C@H](C)Nc1cc(F)c(Oc2ncc(Cn3nccn3)cc2C(F)(F)F)cc1C. The van der Waals surface area contributed by atoms with Crippen LogP contribution in [0.5, 0.6) is 11.6 Å². The number of nitrogens with zero attached hydrogens (tertiary/aromatic N) is 4. The number of aryl methyl sites for hydroxylation is 1. The molecule has 3 rings (SSSR count). The lowest BCUT2D eigenvalue weighted by Crippen LogP contribution is -2.21. The van der Waals surface area contributed by atoms with Crippen molar-refractivity contribution in [1.29, 1.82) is 0 Å². The zero-order valence-electron chi connectivity index (χ0n) is 17.1. The number of benzene rings is 1. The van der Waals surface area contributed by atoms with Gasteiger partial charge in [-0.15, -0.1) is 0 Å². The smallest absolute Gasteiger partial charge is 0.421 e. The Morgan fingerprint density at radius 2 is 1.87 bits per heavy atom.